The SMILES string of the molecule is Cc1ccc(N(C(=O)COc2cc(C)c(Br)cc2C(C)C)S(=O)(=O)c2ccccc2)cc1. The van der Waals surface area contributed by atoms with E-state index in [0.29, 0.717) is 5.75 Å². The predicted molar refractivity (Wildman–Crippen MR) is 131 cm³/mol. The number of benzene rings is 3. The predicted octanol–water partition coefficient (Wildman–Crippen LogP) is 5.99. The molecule has 1 amide bonds. The Morgan fingerprint density at radius 3 is 2.22 bits per heavy atom. The molecule has 3 aromatic carbocycles. The van der Waals surface area contributed by atoms with Crippen molar-refractivity contribution in [2.75, 3.05) is 10.9 Å². The lowest BCUT2D eigenvalue weighted by Crippen LogP contribution is -2.40. The molecule has 5 nitrogen and oxygen atoms in total. The molecular formula is C25H26BrNO4S. The highest BCUT2D eigenvalue weighted by Crippen LogP contribution is 2.32. The molecule has 0 N–H and O–H groups in total. The Morgan fingerprint density at radius 2 is 1.62 bits per heavy atom. The maximum absolute atomic E-state index is 13.4. The number of halogens is 1. The first kappa shape index (κ1) is 24.0. The van der Waals surface area contributed by atoms with Crippen LogP contribution in [0.5, 0.6) is 5.75 Å². The van der Waals surface area contributed by atoms with Crippen LogP contribution in [0.3, 0.4) is 0 Å². The molecule has 0 spiro atoms. The molecule has 0 fully saturated rings. The fourth-order valence-corrected chi connectivity index (χ4v) is 5.03. The molecule has 0 aromatic heterocycles. The van der Waals surface area contributed by atoms with Crippen molar-refractivity contribution in [3.8, 4) is 5.75 Å². The van der Waals surface area contributed by atoms with Crippen molar-refractivity contribution in [3.63, 3.8) is 0 Å². The van der Waals surface area contributed by atoms with Gasteiger partial charge >= 0.3 is 0 Å². The second-order valence-corrected chi connectivity index (χ2v) is 10.5. The molecule has 0 aliphatic carbocycles. The molecule has 0 atom stereocenters. The second kappa shape index (κ2) is 9.88. The van der Waals surface area contributed by atoms with E-state index in [1.54, 1.807) is 42.5 Å². The van der Waals surface area contributed by atoms with Crippen molar-refractivity contribution in [1.82, 2.24) is 0 Å². The van der Waals surface area contributed by atoms with Crippen LogP contribution in [-0.2, 0) is 14.8 Å². The normalized spacial score (nSPS) is 11.4. The minimum Gasteiger partial charge on any atom is -0.483 e. The van der Waals surface area contributed by atoms with E-state index in [0.717, 1.165) is 25.5 Å². The lowest BCUT2D eigenvalue weighted by molar-refractivity contribution is -0.119. The summed E-state index contributed by atoms with van der Waals surface area (Å²) in [4.78, 5) is 13.3. The van der Waals surface area contributed by atoms with Crippen LogP contribution in [0.4, 0.5) is 5.69 Å². The summed E-state index contributed by atoms with van der Waals surface area (Å²) in [5.74, 6) is 0.0567. The van der Waals surface area contributed by atoms with E-state index in [-0.39, 0.29) is 16.5 Å². The molecule has 0 heterocycles. The molecule has 0 aliphatic heterocycles. The van der Waals surface area contributed by atoms with Crippen molar-refractivity contribution >= 4 is 37.5 Å². The van der Waals surface area contributed by atoms with Gasteiger partial charge in [-0.15, -0.1) is 0 Å². The van der Waals surface area contributed by atoms with E-state index in [1.165, 1.54) is 12.1 Å². The number of aryl methyl sites for hydroxylation is 2. The molecule has 0 unspecified atom stereocenters. The van der Waals surface area contributed by atoms with Gasteiger partial charge in [0.15, 0.2) is 6.61 Å². The first-order valence-corrected chi connectivity index (χ1v) is 12.5. The van der Waals surface area contributed by atoms with E-state index >= 15 is 0 Å². The highest BCUT2D eigenvalue weighted by Gasteiger charge is 2.31. The maximum atomic E-state index is 13.4. The standard InChI is InChI=1S/C25H26BrNO4S/c1-17(2)22-15-23(26)19(4)14-24(22)31-16-25(28)27(20-12-10-18(3)11-13-20)32(29,30)21-8-6-5-7-9-21/h5-15,17H,16H2,1-4H3. The number of carbonyl (C=O) groups is 1. The van der Waals surface area contributed by atoms with Crippen molar-refractivity contribution in [2.24, 2.45) is 0 Å². The molecule has 32 heavy (non-hydrogen) atoms. The third-order valence-electron chi connectivity index (χ3n) is 5.04. The smallest absolute Gasteiger partial charge is 0.278 e. The average molecular weight is 516 g/mol. The largest absolute Gasteiger partial charge is 0.483 e. The minimum absolute atomic E-state index is 0.0382. The lowest BCUT2D eigenvalue weighted by Gasteiger charge is -2.23. The number of hydrogen-bond donors (Lipinski definition) is 0. The fraction of sp³-hybridized carbons (Fsp3) is 0.240. The summed E-state index contributed by atoms with van der Waals surface area (Å²) in [5.41, 5.74) is 3.12. The number of amides is 1. The van der Waals surface area contributed by atoms with Gasteiger partial charge in [0.25, 0.3) is 15.9 Å². The molecule has 0 radical (unpaired) electrons. The number of ether oxygens (including phenoxy) is 1. The number of carbonyl (C=O) groups excluding carboxylic acids is 1. The Kier molecular flexibility index (Phi) is 7.41. The quantitative estimate of drug-likeness (QED) is 0.387. The Labute approximate surface area is 198 Å². The number of rotatable bonds is 7. The molecular weight excluding hydrogens is 490 g/mol. The summed E-state index contributed by atoms with van der Waals surface area (Å²) in [6, 6.07) is 18.5. The van der Waals surface area contributed by atoms with E-state index in [4.69, 9.17) is 4.74 Å². The molecule has 0 saturated carbocycles. The first-order valence-electron chi connectivity index (χ1n) is 10.2. The van der Waals surface area contributed by atoms with Gasteiger partial charge in [-0.25, -0.2) is 8.42 Å². The van der Waals surface area contributed by atoms with Crippen LogP contribution in [0.1, 0.15) is 36.5 Å². The maximum Gasteiger partial charge on any atom is 0.278 e. The summed E-state index contributed by atoms with van der Waals surface area (Å²) in [5, 5.41) is 0. The number of nitrogens with zero attached hydrogens (tertiary/aromatic N) is 1. The van der Waals surface area contributed by atoms with E-state index in [2.05, 4.69) is 15.9 Å². The Bertz CT molecular complexity index is 1210. The van der Waals surface area contributed by atoms with Gasteiger partial charge in [0.05, 0.1) is 10.6 Å². The first-order chi connectivity index (χ1) is 15.1. The van der Waals surface area contributed by atoms with E-state index < -0.39 is 22.5 Å². The van der Waals surface area contributed by atoms with E-state index in [9.17, 15) is 13.2 Å². The van der Waals surface area contributed by atoms with Gasteiger partial charge in [-0.1, -0.05) is 65.7 Å². The number of anilines is 1. The minimum atomic E-state index is -4.12. The fourth-order valence-electron chi connectivity index (χ4n) is 3.24. The second-order valence-electron chi connectivity index (χ2n) is 7.89. The van der Waals surface area contributed by atoms with Gasteiger partial charge in [-0.05, 0) is 67.3 Å². The summed E-state index contributed by atoms with van der Waals surface area (Å²) in [6.07, 6.45) is 0. The number of sulfonamides is 1. The Balaban J connectivity index is 1.97. The molecule has 0 aliphatic rings. The molecule has 168 valence electrons. The monoisotopic (exact) mass is 515 g/mol. The van der Waals surface area contributed by atoms with Crippen LogP contribution in [-0.4, -0.2) is 20.9 Å². The number of hydrogen-bond acceptors (Lipinski definition) is 4. The lowest BCUT2D eigenvalue weighted by atomic mass is 10.0. The van der Waals surface area contributed by atoms with Gasteiger partial charge in [0.2, 0.25) is 0 Å². The molecule has 3 rings (SSSR count). The van der Waals surface area contributed by atoms with Crippen molar-refractivity contribution < 1.29 is 17.9 Å². The highest BCUT2D eigenvalue weighted by molar-refractivity contribution is 9.10. The van der Waals surface area contributed by atoms with Crippen molar-refractivity contribution in [3.05, 3.63) is 87.9 Å². The average Bonchev–Trinajstić information content (AvgIpc) is 2.76. The van der Waals surface area contributed by atoms with Crippen LogP contribution >= 0.6 is 15.9 Å². The molecule has 0 saturated heterocycles. The van der Waals surface area contributed by atoms with Crippen LogP contribution in [0.15, 0.2) is 76.1 Å². The zero-order chi connectivity index (χ0) is 23.5. The Hall–Kier alpha value is -2.64. The van der Waals surface area contributed by atoms with Gasteiger partial charge in [-0.3, -0.25) is 4.79 Å². The zero-order valence-electron chi connectivity index (χ0n) is 18.5. The van der Waals surface area contributed by atoms with Gasteiger partial charge in [0, 0.05) is 4.47 Å². The van der Waals surface area contributed by atoms with Crippen LogP contribution in [0, 0.1) is 13.8 Å². The molecule has 3 aromatic rings. The Morgan fingerprint density at radius 1 is 1.00 bits per heavy atom. The van der Waals surface area contributed by atoms with Crippen molar-refractivity contribution in [1.29, 1.82) is 0 Å². The highest BCUT2D eigenvalue weighted by atomic mass is 79.9. The summed E-state index contributed by atoms with van der Waals surface area (Å²) < 4.78 is 34.4. The zero-order valence-corrected chi connectivity index (χ0v) is 20.9. The van der Waals surface area contributed by atoms with E-state index in [1.807, 2.05) is 39.8 Å². The molecule has 7 heteroatoms. The van der Waals surface area contributed by atoms with Gasteiger partial charge in [0.1, 0.15) is 5.75 Å². The summed E-state index contributed by atoms with van der Waals surface area (Å²) in [6.45, 7) is 7.48. The van der Waals surface area contributed by atoms with Crippen LogP contribution in [0.25, 0.3) is 0 Å². The summed E-state index contributed by atoms with van der Waals surface area (Å²) in [7, 11) is -4.12. The molecule has 0 bridgehead atoms. The van der Waals surface area contributed by atoms with Gasteiger partial charge in [-0.2, -0.15) is 4.31 Å². The van der Waals surface area contributed by atoms with Gasteiger partial charge < -0.3 is 4.74 Å². The topological polar surface area (TPSA) is 63.7 Å². The van der Waals surface area contributed by atoms with Crippen LogP contribution < -0.4 is 9.04 Å². The summed E-state index contributed by atoms with van der Waals surface area (Å²) >= 11 is 3.53. The third-order valence-corrected chi connectivity index (χ3v) is 7.66. The van der Waals surface area contributed by atoms with Crippen LogP contribution in [0.2, 0.25) is 0 Å². The third kappa shape index (κ3) is 5.22. The van der Waals surface area contributed by atoms with Crippen molar-refractivity contribution in [2.45, 2.75) is 38.5 Å².